The molecule has 10 heteroatoms. The molecule has 1 amide bonds. The molecule has 3 aromatic rings. The predicted octanol–water partition coefficient (Wildman–Crippen LogP) is 3.75. The monoisotopic (exact) mass is 475 g/mol. The lowest BCUT2D eigenvalue weighted by atomic mass is 10.1. The standard InChI is InChI=1S/C22H25N3O5S2/c1-14-5-7-17(11-15(14)2)32(27,28)23-10-9-21(26)25-22-24-19(13-31-22)18-8-6-16(29-3)12-20(18)30-4/h5-8,11-13,23H,9-10H2,1-4H3,(H,24,25,26). The van der Waals surface area contributed by atoms with E-state index in [1.165, 1.54) is 11.3 Å². The van der Waals surface area contributed by atoms with Gasteiger partial charge in [-0.1, -0.05) is 6.07 Å². The van der Waals surface area contributed by atoms with Crippen molar-refractivity contribution in [2.45, 2.75) is 25.2 Å². The minimum Gasteiger partial charge on any atom is -0.497 e. The Hall–Kier alpha value is -2.95. The topological polar surface area (TPSA) is 107 Å². The number of ether oxygens (including phenoxy) is 2. The summed E-state index contributed by atoms with van der Waals surface area (Å²) in [6.45, 7) is 3.75. The Morgan fingerprint density at radius 3 is 2.53 bits per heavy atom. The van der Waals surface area contributed by atoms with Crippen molar-refractivity contribution in [3.05, 3.63) is 52.9 Å². The SMILES string of the molecule is COc1ccc(-c2csc(NC(=O)CCNS(=O)(=O)c3ccc(C)c(C)c3)n2)c(OC)c1. The van der Waals surface area contributed by atoms with Crippen molar-refractivity contribution in [3.63, 3.8) is 0 Å². The fourth-order valence-corrected chi connectivity index (χ4v) is 4.75. The van der Waals surface area contributed by atoms with E-state index in [1.807, 2.05) is 25.3 Å². The van der Waals surface area contributed by atoms with Crippen LogP contribution in [0.3, 0.4) is 0 Å². The number of sulfonamides is 1. The summed E-state index contributed by atoms with van der Waals surface area (Å²) in [5.74, 6) is 0.932. The van der Waals surface area contributed by atoms with Gasteiger partial charge in [0.05, 0.1) is 24.8 Å². The van der Waals surface area contributed by atoms with Gasteiger partial charge in [0.1, 0.15) is 11.5 Å². The number of anilines is 1. The minimum absolute atomic E-state index is 0.0222. The maximum atomic E-state index is 12.4. The Morgan fingerprint density at radius 1 is 1.06 bits per heavy atom. The number of hydrogen-bond donors (Lipinski definition) is 2. The fourth-order valence-electron chi connectivity index (χ4n) is 2.91. The summed E-state index contributed by atoms with van der Waals surface area (Å²) in [7, 11) is -0.543. The average Bonchev–Trinajstić information content (AvgIpc) is 3.22. The second kappa shape index (κ2) is 10.1. The zero-order chi connectivity index (χ0) is 23.3. The highest BCUT2D eigenvalue weighted by atomic mass is 32.2. The third kappa shape index (κ3) is 5.64. The van der Waals surface area contributed by atoms with Gasteiger partial charge in [-0.3, -0.25) is 4.79 Å². The number of aromatic nitrogens is 1. The predicted molar refractivity (Wildman–Crippen MR) is 125 cm³/mol. The average molecular weight is 476 g/mol. The van der Waals surface area contributed by atoms with E-state index in [4.69, 9.17) is 9.47 Å². The van der Waals surface area contributed by atoms with E-state index in [2.05, 4.69) is 15.0 Å². The van der Waals surface area contributed by atoms with Crippen molar-refractivity contribution in [1.29, 1.82) is 0 Å². The highest BCUT2D eigenvalue weighted by Gasteiger charge is 2.16. The number of carbonyl (C=O) groups is 1. The Kier molecular flexibility index (Phi) is 7.49. The highest BCUT2D eigenvalue weighted by molar-refractivity contribution is 7.89. The van der Waals surface area contributed by atoms with Crippen molar-refractivity contribution < 1.29 is 22.7 Å². The van der Waals surface area contributed by atoms with E-state index >= 15 is 0 Å². The van der Waals surface area contributed by atoms with Gasteiger partial charge >= 0.3 is 0 Å². The lowest BCUT2D eigenvalue weighted by Gasteiger charge is -2.09. The fraction of sp³-hybridized carbons (Fsp3) is 0.273. The summed E-state index contributed by atoms with van der Waals surface area (Å²) in [5.41, 5.74) is 3.32. The molecule has 0 bridgehead atoms. The van der Waals surface area contributed by atoms with Crippen LogP contribution >= 0.6 is 11.3 Å². The number of nitrogens with one attached hydrogen (secondary N) is 2. The molecular weight excluding hydrogens is 450 g/mol. The van der Waals surface area contributed by atoms with Crippen LogP contribution in [-0.2, 0) is 14.8 Å². The number of nitrogens with zero attached hydrogens (tertiary/aromatic N) is 1. The first kappa shape index (κ1) is 23.7. The van der Waals surface area contributed by atoms with Gasteiger partial charge in [-0.2, -0.15) is 0 Å². The van der Waals surface area contributed by atoms with Crippen LogP contribution in [0.2, 0.25) is 0 Å². The van der Waals surface area contributed by atoms with Gasteiger partial charge in [0, 0.05) is 30.0 Å². The normalized spacial score (nSPS) is 11.2. The summed E-state index contributed by atoms with van der Waals surface area (Å²) in [6, 6.07) is 10.3. The first-order valence-electron chi connectivity index (χ1n) is 9.78. The van der Waals surface area contributed by atoms with Crippen molar-refractivity contribution in [2.75, 3.05) is 26.1 Å². The van der Waals surface area contributed by atoms with Crippen LogP contribution in [0.25, 0.3) is 11.3 Å². The van der Waals surface area contributed by atoms with E-state index in [0.717, 1.165) is 16.7 Å². The van der Waals surface area contributed by atoms with E-state index < -0.39 is 10.0 Å². The lowest BCUT2D eigenvalue weighted by molar-refractivity contribution is -0.116. The molecule has 1 heterocycles. The molecule has 32 heavy (non-hydrogen) atoms. The maximum Gasteiger partial charge on any atom is 0.240 e. The maximum absolute atomic E-state index is 12.4. The van der Waals surface area contributed by atoms with Gasteiger partial charge < -0.3 is 14.8 Å². The summed E-state index contributed by atoms with van der Waals surface area (Å²) in [4.78, 5) is 16.9. The van der Waals surface area contributed by atoms with Gasteiger partial charge in [-0.05, 0) is 49.2 Å². The number of methoxy groups -OCH3 is 2. The van der Waals surface area contributed by atoms with Crippen LogP contribution in [0.1, 0.15) is 17.5 Å². The van der Waals surface area contributed by atoms with Crippen LogP contribution in [0, 0.1) is 13.8 Å². The molecule has 1 aromatic heterocycles. The zero-order valence-corrected chi connectivity index (χ0v) is 19.9. The van der Waals surface area contributed by atoms with Crippen LogP contribution in [0.5, 0.6) is 11.5 Å². The number of aryl methyl sites for hydroxylation is 2. The Morgan fingerprint density at radius 2 is 1.84 bits per heavy atom. The number of rotatable bonds is 9. The van der Waals surface area contributed by atoms with Crippen LogP contribution in [-0.4, -0.2) is 40.1 Å². The molecule has 0 saturated heterocycles. The Bertz CT molecular complexity index is 1220. The first-order valence-corrected chi connectivity index (χ1v) is 12.1. The Labute approximate surface area is 191 Å². The van der Waals surface area contributed by atoms with Gasteiger partial charge in [0.25, 0.3) is 0 Å². The van der Waals surface area contributed by atoms with Gasteiger partial charge in [0.15, 0.2) is 5.13 Å². The molecule has 0 fully saturated rings. The molecular formula is C22H25N3O5S2. The summed E-state index contributed by atoms with van der Waals surface area (Å²) in [5, 5.41) is 4.93. The summed E-state index contributed by atoms with van der Waals surface area (Å²) >= 11 is 1.27. The van der Waals surface area contributed by atoms with Crippen molar-refractivity contribution in [2.24, 2.45) is 0 Å². The second-order valence-corrected chi connectivity index (χ2v) is 9.67. The number of carbonyl (C=O) groups excluding carboxylic acids is 1. The molecule has 8 nitrogen and oxygen atoms in total. The smallest absolute Gasteiger partial charge is 0.240 e. The molecule has 0 aliphatic rings. The first-order chi connectivity index (χ1) is 15.2. The number of amides is 1. The zero-order valence-electron chi connectivity index (χ0n) is 18.3. The van der Waals surface area contributed by atoms with Gasteiger partial charge in [-0.25, -0.2) is 18.1 Å². The minimum atomic E-state index is -3.68. The quantitative estimate of drug-likeness (QED) is 0.488. The Balaban J connectivity index is 1.58. The molecule has 0 saturated carbocycles. The summed E-state index contributed by atoms with van der Waals surface area (Å²) in [6.07, 6.45) is -0.0230. The van der Waals surface area contributed by atoms with E-state index in [9.17, 15) is 13.2 Å². The molecule has 0 spiro atoms. The molecule has 3 rings (SSSR count). The third-order valence-corrected chi connectivity index (χ3v) is 7.08. The molecule has 0 unspecified atom stereocenters. The van der Waals surface area contributed by atoms with Crippen LogP contribution in [0.15, 0.2) is 46.7 Å². The molecule has 0 radical (unpaired) electrons. The lowest BCUT2D eigenvalue weighted by Crippen LogP contribution is -2.28. The van der Waals surface area contributed by atoms with Crippen LogP contribution < -0.4 is 19.5 Å². The molecule has 170 valence electrons. The second-order valence-electron chi connectivity index (χ2n) is 7.05. The van der Waals surface area contributed by atoms with E-state index in [-0.39, 0.29) is 23.8 Å². The molecule has 0 aliphatic carbocycles. The molecule has 2 N–H and O–H groups in total. The summed E-state index contributed by atoms with van der Waals surface area (Å²) < 4.78 is 37.9. The van der Waals surface area contributed by atoms with Crippen molar-refractivity contribution in [3.8, 4) is 22.8 Å². The van der Waals surface area contributed by atoms with Crippen molar-refractivity contribution >= 4 is 32.4 Å². The number of hydrogen-bond acceptors (Lipinski definition) is 7. The third-order valence-electron chi connectivity index (χ3n) is 4.87. The largest absolute Gasteiger partial charge is 0.497 e. The number of thiazole rings is 1. The van der Waals surface area contributed by atoms with Crippen molar-refractivity contribution in [1.82, 2.24) is 9.71 Å². The van der Waals surface area contributed by atoms with Crippen LogP contribution in [0.4, 0.5) is 5.13 Å². The van der Waals surface area contributed by atoms with Gasteiger partial charge in [-0.15, -0.1) is 11.3 Å². The van der Waals surface area contributed by atoms with E-state index in [0.29, 0.717) is 22.3 Å². The molecule has 0 aliphatic heterocycles. The van der Waals surface area contributed by atoms with E-state index in [1.54, 1.807) is 44.6 Å². The van der Waals surface area contributed by atoms with Gasteiger partial charge in [0.2, 0.25) is 15.9 Å². The highest BCUT2D eigenvalue weighted by Crippen LogP contribution is 2.34. The molecule has 0 atom stereocenters. The molecule has 2 aromatic carbocycles. The number of benzene rings is 2.